The maximum Gasteiger partial charge on any atom is 0.410 e. The van der Waals surface area contributed by atoms with E-state index in [4.69, 9.17) is 4.74 Å². The van der Waals surface area contributed by atoms with Crippen molar-refractivity contribution in [2.24, 2.45) is 5.92 Å². The first-order chi connectivity index (χ1) is 13.1. The number of hydrogen-bond acceptors (Lipinski definition) is 5. The van der Waals surface area contributed by atoms with Crippen LogP contribution in [0.4, 0.5) is 10.5 Å². The van der Waals surface area contributed by atoms with Gasteiger partial charge < -0.3 is 25.0 Å². The molecule has 0 radical (unpaired) electrons. The number of benzene rings is 1. The predicted molar refractivity (Wildman–Crippen MR) is 110 cm³/mol. The highest BCUT2D eigenvalue weighted by Crippen LogP contribution is 2.20. The van der Waals surface area contributed by atoms with E-state index in [1.165, 1.54) is 4.90 Å². The number of hydrogen-bond donors (Lipinski definition) is 2. The number of amides is 2. The molecule has 0 unspecified atom stereocenters. The van der Waals surface area contributed by atoms with E-state index in [1.807, 2.05) is 19.2 Å². The Morgan fingerprint density at radius 3 is 2.46 bits per heavy atom. The Morgan fingerprint density at radius 1 is 1.25 bits per heavy atom. The first kappa shape index (κ1) is 22.0. The SMILES string of the molecule is CCCN(C)c1ccc(C(=O)NC[C@@H]2CN(C(=O)OC(C)(C)C)C[C@@H]2O)cc1. The summed E-state index contributed by atoms with van der Waals surface area (Å²) in [6, 6.07) is 7.46. The van der Waals surface area contributed by atoms with Gasteiger partial charge in [0, 0.05) is 43.9 Å². The van der Waals surface area contributed by atoms with Gasteiger partial charge in [0.1, 0.15) is 5.60 Å². The van der Waals surface area contributed by atoms with Crippen molar-refractivity contribution in [2.45, 2.75) is 45.8 Å². The molecule has 0 bridgehead atoms. The number of carbonyl (C=O) groups is 2. The lowest BCUT2D eigenvalue weighted by Gasteiger charge is -2.24. The van der Waals surface area contributed by atoms with Crippen LogP contribution in [-0.4, -0.2) is 66.9 Å². The van der Waals surface area contributed by atoms with Gasteiger partial charge in [-0.1, -0.05) is 6.92 Å². The van der Waals surface area contributed by atoms with Crippen LogP contribution in [0.2, 0.25) is 0 Å². The summed E-state index contributed by atoms with van der Waals surface area (Å²) in [6.45, 7) is 9.38. The molecular formula is C21H33N3O4. The third kappa shape index (κ3) is 6.12. The third-order valence-corrected chi connectivity index (χ3v) is 4.71. The topological polar surface area (TPSA) is 82.1 Å². The number of nitrogens with zero attached hydrogens (tertiary/aromatic N) is 2. The fourth-order valence-electron chi connectivity index (χ4n) is 3.19. The molecule has 1 aliphatic rings. The van der Waals surface area contributed by atoms with Crippen molar-refractivity contribution in [2.75, 3.05) is 38.1 Å². The zero-order chi connectivity index (χ0) is 20.9. The fourth-order valence-corrected chi connectivity index (χ4v) is 3.19. The summed E-state index contributed by atoms with van der Waals surface area (Å²) in [5.41, 5.74) is 1.06. The van der Waals surface area contributed by atoms with Gasteiger partial charge in [-0.3, -0.25) is 4.79 Å². The van der Waals surface area contributed by atoms with Crippen LogP contribution >= 0.6 is 0 Å². The van der Waals surface area contributed by atoms with Gasteiger partial charge in [0.25, 0.3) is 5.91 Å². The molecule has 1 heterocycles. The molecule has 1 aromatic carbocycles. The van der Waals surface area contributed by atoms with Gasteiger partial charge in [-0.05, 0) is 51.5 Å². The van der Waals surface area contributed by atoms with Crippen LogP contribution in [0.5, 0.6) is 0 Å². The van der Waals surface area contributed by atoms with Crippen molar-refractivity contribution >= 4 is 17.7 Å². The molecule has 2 amide bonds. The summed E-state index contributed by atoms with van der Waals surface area (Å²) in [7, 11) is 2.02. The average molecular weight is 392 g/mol. The van der Waals surface area contributed by atoms with Crippen LogP contribution in [0.1, 0.15) is 44.5 Å². The highest BCUT2D eigenvalue weighted by Gasteiger charge is 2.36. The van der Waals surface area contributed by atoms with E-state index in [0.29, 0.717) is 18.7 Å². The van der Waals surface area contributed by atoms with Gasteiger partial charge in [-0.15, -0.1) is 0 Å². The van der Waals surface area contributed by atoms with Gasteiger partial charge in [-0.25, -0.2) is 4.79 Å². The minimum atomic E-state index is -0.683. The number of ether oxygens (including phenoxy) is 1. The number of carbonyl (C=O) groups excluding carboxylic acids is 2. The van der Waals surface area contributed by atoms with Crippen molar-refractivity contribution in [1.82, 2.24) is 10.2 Å². The lowest BCUT2D eigenvalue weighted by atomic mass is 10.1. The quantitative estimate of drug-likeness (QED) is 0.779. The zero-order valence-electron chi connectivity index (χ0n) is 17.6. The molecule has 1 fully saturated rings. The van der Waals surface area contributed by atoms with E-state index in [9.17, 15) is 14.7 Å². The van der Waals surface area contributed by atoms with Crippen LogP contribution < -0.4 is 10.2 Å². The first-order valence-electron chi connectivity index (χ1n) is 9.86. The summed E-state index contributed by atoms with van der Waals surface area (Å²) in [5, 5.41) is 13.1. The molecule has 0 aliphatic carbocycles. The highest BCUT2D eigenvalue weighted by molar-refractivity contribution is 5.94. The predicted octanol–water partition coefficient (Wildman–Crippen LogP) is 2.49. The fraction of sp³-hybridized carbons (Fsp3) is 0.619. The number of aliphatic hydroxyl groups is 1. The Labute approximate surface area is 167 Å². The zero-order valence-corrected chi connectivity index (χ0v) is 17.6. The van der Waals surface area contributed by atoms with Crippen LogP contribution in [0, 0.1) is 5.92 Å². The molecule has 1 saturated heterocycles. The second-order valence-corrected chi connectivity index (χ2v) is 8.39. The highest BCUT2D eigenvalue weighted by atomic mass is 16.6. The van der Waals surface area contributed by atoms with Crippen LogP contribution in [0.3, 0.4) is 0 Å². The summed E-state index contributed by atoms with van der Waals surface area (Å²) in [6.07, 6.45) is -0.0620. The summed E-state index contributed by atoms with van der Waals surface area (Å²) >= 11 is 0. The number of β-amino-alcohol motifs (C(OH)–C–C–N with tert-alkyl or cyclic N) is 1. The van der Waals surface area contributed by atoms with Crippen molar-refractivity contribution in [3.8, 4) is 0 Å². The van der Waals surface area contributed by atoms with Crippen molar-refractivity contribution < 1.29 is 19.4 Å². The van der Waals surface area contributed by atoms with Gasteiger partial charge in [0.2, 0.25) is 0 Å². The van der Waals surface area contributed by atoms with Gasteiger partial charge >= 0.3 is 6.09 Å². The molecule has 0 spiro atoms. The second kappa shape index (κ2) is 9.28. The second-order valence-electron chi connectivity index (χ2n) is 8.39. The number of nitrogens with one attached hydrogen (secondary N) is 1. The molecule has 28 heavy (non-hydrogen) atoms. The van der Waals surface area contributed by atoms with E-state index < -0.39 is 17.8 Å². The van der Waals surface area contributed by atoms with Crippen LogP contribution in [-0.2, 0) is 4.74 Å². The van der Waals surface area contributed by atoms with E-state index >= 15 is 0 Å². The van der Waals surface area contributed by atoms with E-state index in [1.54, 1.807) is 32.9 Å². The van der Waals surface area contributed by atoms with E-state index in [0.717, 1.165) is 18.7 Å². The molecule has 2 N–H and O–H groups in total. The van der Waals surface area contributed by atoms with Crippen molar-refractivity contribution in [1.29, 1.82) is 0 Å². The largest absolute Gasteiger partial charge is 0.444 e. The standard InChI is InChI=1S/C21H33N3O4/c1-6-11-23(5)17-9-7-15(8-10-17)19(26)22-12-16-13-24(14-18(16)25)20(27)28-21(2,3)4/h7-10,16,18,25H,6,11-14H2,1-5H3,(H,22,26)/t16-,18+/m1/s1. The van der Waals surface area contributed by atoms with Gasteiger partial charge in [-0.2, -0.15) is 0 Å². The number of anilines is 1. The molecule has 0 saturated carbocycles. The van der Waals surface area contributed by atoms with E-state index in [-0.39, 0.29) is 18.4 Å². The molecule has 2 atom stereocenters. The lowest BCUT2D eigenvalue weighted by Crippen LogP contribution is -2.36. The van der Waals surface area contributed by atoms with Crippen LogP contribution in [0.25, 0.3) is 0 Å². The Hall–Kier alpha value is -2.28. The molecular weight excluding hydrogens is 358 g/mol. The molecule has 0 aromatic heterocycles. The number of rotatable bonds is 6. The maximum absolute atomic E-state index is 12.4. The molecule has 2 rings (SSSR count). The molecule has 156 valence electrons. The third-order valence-electron chi connectivity index (χ3n) is 4.71. The molecule has 7 heteroatoms. The lowest BCUT2D eigenvalue weighted by molar-refractivity contribution is 0.0269. The number of aliphatic hydroxyl groups excluding tert-OH is 1. The first-order valence-corrected chi connectivity index (χ1v) is 9.86. The van der Waals surface area contributed by atoms with Crippen molar-refractivity contribution in [3.05, 3.63) is 29.8 Å². The molecule has 7 nitrogen and oxygen atoms in total. The Kier molecular flexibility index (Phi) is 7.29. The summed E-state index contributed by atoms with van der Waals surface area (Å²) in [5.74, 6) is -0.404. The normalized spacial score (nSPS) is 19.4. The minimum Gasteiger partial charge on any atom is -0.444 e. The average Bonchev–Trinajstić information content (AvgIpc) is 2.99. The Bertz CT molecular complexity index is 669. The Morgan fingerprint density at radius 2 is 1.89 bits per heavy atom. The smallest absolute Gasteiger partial charge is 0.410 e. The summed E-state index contributed by atoms with van der Waals surface area (Å²) in [4.78, 5) is 28.2. The molecule has 1 aromatic rings. The van der Waals surface area contributed by atoms with Crippen molar-refractivity contribution in [3.63, 3.8) is 0 Å². The van der Waals surface area contributed by atoms with Crippen LogP contribution in [0.15, 0.2) is 24.3 Å². The molecule has 1 aliphatic heterocycles. The monoisotopic (exact) mass is 391 g/mol. The Balaban J connectivity index is 1.86. The van der Waals surface area contributed by atoms with E-state index in [2.05, 4.69) is 17.1 Å². The van der Waals surface area contributed by atoms with Gasteiger partial charge in [0.15, 0.2) is 0 Å². The number of likely N-dealkylation sites (tertiary alicyclic amines) is 1. The van der Waals surface area contributed by atoms with Gasteiger partial charge in [0.05, 0.1) is 12.6 Å². The summed E-state index contributed by atoms with van der Waals surface area (Å²) < 4.78 is 5.35. The maximum atomic E-state index is 12.4. The minimum absolute atomic E-state index is 0.187.